The molecule has 2 aliphatic rings. The molecule has 1 N–H and O–H groups in total. The van der Waals surface area contributed by atoms with Gasteiger partial charge in [-0.1, -0.05) is 42.5 Å². The Bertz CT molecular complexity index is 1240. The van der Waals surface area contributed by atoms with Crippen LogP contribution in [0.5, 0.6) is 0 Å². The lowest BCUT2D eigenvalue weighted by Crippen LogP contribution is -2.62. The Morgan fingerprint density at radius 3 is 1.89 bits per heavy atom. The molecule has 0 aromatic heterocycles. The zero-order valence-electron chi connectivity index (χ0n) is 20.2. The normalized spacial score (nSPS) is 18.1. The summed E-state index contributed by atoms with van der Waals surface area (Å²) in [7, 11) is 0. The van der Waals surface area contributed by atoms with Gasteiger partial charge >= 0.3 is 6.18 Å². The minimum atomic E-state index is -4.34. The lowest BCUT2D eigenvalue weighted by Gasteiger charge is -2.41. The summed E-state index contributed by atoms with van der Waals surface area (Å²) >= 11 is 0. The van der Waals surface area contributed by atoms with Crippen molar-refractivity contribution in [2.75, 3.05) is 26.2 Å². The average molecular weight is 508 g/mol. The van der Waals surface area contributed by atoms with Crippen LogP contribution in [-0.2, 0) is 12.6 Å². The fourth-order valence-electron chi connectivity index (χ4n) is 4.92. The number of amides is 2. The second-order valence-corrected chi connectivity index (χ2v) is 9.74. The molecule has 0 aliphatic carbocycles. The molecule has 0 radical (unpaired) electrons. The number of carbonyl (C=O) groups is 2. The van der Waals surface area contributed by atoms with E-state index in [0.29, 0.717) is 37.2 Å². The first-order chi connectivity index (χ1) is 17.8. The number of carbonyl (C=O) groups excluding carboxylic acids is 2. The van der Waals surface area contributed by atoms with Crippen LogP contribution in [0.25, 0.3) is 0 Å². The maximum atomic E-state index is 12.8. The number of alkyl halides is 3. The highest BCUT2D eigenvalue weighted by Gasteiger charge is 2.35. The zero-order chi connectivity index (χ0) is 26.0. The SMILES string of the molecule is O=C(c1ccccc1)N1CCC(NC2CN(C(=O)c3ccc(Cc4ccc(C(F)(F)F)cc4)cc3)C2)C1. The lowest BCUT2D eigenvalue weighted by atomic mass is 10.0. The molecule has 8 heteroatoms. The third-order valence-electron chi connectivity index (χ3n) is 7.03. The van der Waals surface area contributed by atoms with Gasteiger partial charge in [-0.15, -0.1) is 0 Å². The molecule has 0 saturated carbocycles. The van der Waals surface area contributed by atoms with Gasteiger partial charge in [0.05, 0.1) is 5.56 Å². The molecular formula is C29H28F3N3O2. The van der Waals surface area contributed by atoms with Crippen LogP contribution in [0.15, 0.2) is 78.9 Å². The van der Waals surface area contributed by atoms with Gasteiger partial charge in [-0.3, -0.25) is 9.59 Å². The van der Waals surface area contributed by atoms with Gasteiger partial charge < -0.3 is 15.1 Å². The van der Waals surface area contributed by atoms with Crippen molar-refractivity contribution < 1.29 is 22.8 Å². The molecule has 2 saturated heterocycles. The molecule has 1 atom stereocenters. The number of rotatable bonds is 6. The zero-order valence-corrected chi connectivity index (χ0v) is 20.2. The van der Waals surface area contributed by atoms with Crippen LogP contribution in [0, 0.1) is 0 Å². The van der Waals surface area contributed by atoms with E-state index in [-0.39, 0.29) is 23.9 Å². The van der Waals surface area contributed by atoms with Crippen LogP contribution in [0.4, 0.5) is 13.2 Å². The molecule has 5 rings (SSSR count). The molecule has 2 heterocycles. The summed E-state index contributed by atoms with van der Waals surface area (Å²) in [5.41, 5.74) is 2.34. The number of hydrogen-bond donors (Lipinski definition) is 1. The van der Waals surface area contributed by atoms with Crippen LogP contribution >= 0.6 is 0 Å². The largest absolute Gasteiger partial charge is 0.416 e. The van der Waals surface area contributed by atoms with Gasteiger partial charge in [0.15, 0.2) is 0 Å². The molecule has 1 unspecified atom stereocenters. The second-order valence-electron chi connectivity index (χ2n) is 9.74. The third-order valence-corrected chi connectivity index (χ3v) is 7.03. The minimum absolute atomic E-state index is 0.0357. The summed E-state index contributed by atoms with van der Waals surface area (Å²) in [6, 6.07) is 22.1. The van der Waals surface area contributed by atoms with Crippen LogP contribution < -0.4 is 5.32 Å². The van der Waals surface area contributed by atoms with Crippen molar-refractivity contribution in [3.8, 4) is 0 Å². The monoisotopic (exact) mass is 507 g/mol. The highest BCUT2D eigenvalue weighted by atomic mass is 19.4. The molecule has 2 fully saturated rings. The molecule has 0 spiro atoms. The van der Waals surface area contributed by atoms with E-state index >= 15 is 0 Å². The summed E-state index contributed by atoms with van der Waals surface area (Å²) in [4.78, 5) is 29.2. The summed E-state index contributed by atoms with van der Waals surface area (Å²) in [6.45, 7) is 2.63. The van der Waals surface area contributed by atoms with Gasteiger partial charge in [0.25, 0.3) is 11.8 Å². The Labute approximate surface area is 213 Å². The number of benzene rings is 3. The standard InChI is InChI=1S/C29H28F3N3O2/c30-29(31,32)24-12-8-21(9-13-24)16-20-6-10-23(11-7-20)28(37)35-18-26(19-35)33-25-14-15-34(17-25)27(36)22-4-2-1-3-5-22/h1-13,25-26,33H,14-19H2. The first-order valence-corrected chi connectivity index (χ1v) is 12.4. The molecule has 37 heavy (non-hydrogen) atoms. The first kappa shape index (κ1) is 25.0. The molecular weight excluding hydrogens is 479 g/mol. The van der Waals surface area contributed by atoms with E-state index in [2.05, 4.69) is 5.32 Å². The maximum Gasteiger partial charge on any atom is 0.416 e. The van der Waals surface area contributed by atoms with Crippen LogP contribution in [0.3, 0.4) is 0 Å². The highest BCUT2D eigenvalue weighted by Crippen LogP contribution is 2.29. The first-order valence-electron chi connectivity index (χ1n) is 12.4. The number of hydrogen-bond acceptors (Lipinski definition) is 3. The number of nitrogens with one attached hydrogen (secondary N) is 1. The second kappa shape index (κ2) is 10.4. The molecule has 5 nitrogen and oxygen atoms in total. The van der Waals surface area contributed by atoms with Crippen LogP contribution in [0.1, 0.15) is 43.8 Å². The quantitative estimate of drug-likeness (QED) is 0.530. The van der Waals surface area contributed by atoms with Crippen LogP contribution in [0.2, 0.25) is 0 Å². The van der Waals surface area contributed by atoms with Crippen molar-refractivity contribution in [1.82, 2.24) is 15.1 Å². The van der Waals surface area contributed by atoms with E-state index in [1.807, 2.05) is 47.4 Å². The Kier molecular flexibility index (Phi) is 7.02. The molecule has 2 aliphatic heterocycles. The molecule has 2 amide bonds. The number of halogens is 3. The van der Waals surface area contributed by atoms with Crippen molar-refractivity contribution in [2.45, 2.75) is 31.1 Å². The van der Waals surface area contributed by atoms with Crippen molar-refractivity contribution in [3.63, 3.8) is 0 Å². The summed E-state index contributed by atoms with van der Waals surface area (Å²) < 4.78 is 38.2. The van der Waals surface area contributed by atoms with Gasteiger partial charge in [-0.05, 0) is 60.4 Å². The fourth-order valence-corrected chi connectivity index (χ4v) is 4.92. The van der Waals surface area contributed by atoms with Gasteiger partial charge in [-0.25, -0.2) is 0 Å². The van der Waals surface area contributed by atoms with Crippen molar-refractivity contribution in [2.24, 2.45) is 0 Å². The van der Waals surface area contributed by atoms with Gasteiger partial charge in [0.2, 0.25) is 0 Å². The van der Waals surface area contributed by atoms with E-state index < -0.39 is 11.7 Å². The smallest absolute Gasteiger partial charge is 0.337 e. The summed E-state index contributed by atoms with van der Waals surface area (Å²) in [6.07, 6.45) is -2.96. The number of nitrogens with zero attached hydrogens (tertiary/aromatic N) is 2. The van der Waals surface area contributed by atoms with Crippen molar-refractivity contribution in [3.05, 3.63) is 107 Å². The summed E-state index contributed by atoms with van der Waals surface area (Å²) in [5.74, 6) is 0.0171. The maximum absolute atomic E-state index is 12.8. The van der Waals surface area contributed by atoms with E-state index in [1.165, 1.54) is 12.1 Å². The number of likely N-dealkylation sites (tertiary alicyclic amines) is 2. The topological polar surface area (TPSA) is 52.7 Å². The highest BCUT2D eigenvalue weighted by molar-refractivity contribution is 5.95. The Balaban J connectivity index is 1.07. The van der Waals surface area contributed by atoms with Crippen molar-refractivity contribution >= 4 is 11.8 Å². The van der Waals surface area contributed by atoms with Gasteiger partial charge in [-0.2, -0.15) is 13.2 Å². The lowest BCUT2D eigenvalue weighted by molar-refractivity contribution is -0.137. The van der Waals surface area contributed by atoms with E-state index in [1.54, 1.807) is 17.0 Å². The van der Waals surface area contributed by atoms with Gasteiger partial charge in [0, 0.05) is 49.4 Å². The minimum Gasteiger partial charge on any atom is -0.337 e. The molecule has 3 aromatic rings. The van der Waals surface area contributed by atoms with E-state index in [4.69, 9.17) is 0 Å². The Morgan fingerprint density at radius 1 is 0.730 bits per heavy atom. The fraction of sp³-hybridized carbons (Fsp3) is 0.310. The Morgan fingerprint density at radius 2 is 1.27 bits per heavy atom. The predicted molar refractivity (Wildman–Crippen MR) is 134 cm³/mol. The predicted octanol–water partition coefficient (Wildman–Crippen LogP) is 4.62. The van der Waals surface area contributed by atoms with E-state index in [9.17, 15) is 22.8 Å². The van der Waals surface area contributed by atoms with Crippen molar-refractivity contribution in [1.29, 1.82) is 0 Å². The summed E-state index contributed by atoms with van der Waals surface area (Å²) in [5, 5.41) is 3.58. The molecule has 3 aromatic carbocycles. The third kappa shape index (κ3) is 5.85. The average Bonchev–Trinajstić information content (AvgIpc) is 3.35. The molecule has 0 bridgehead atoms. The van der Waals surface area contributed by atoms with Gasteiger partial charge in [0.1, 0.15) is 0 Å². The molecule has 192 valence electrons. The van der Waals surface area contributed by atoms with E-state index in [0.717, 1.165) is 36.2 Å². The van der Waals surface area contributed by atoms with Crippen LogP contribution in [-0.4, -0.2) is 59.9 Å². The Hall–Kier alpha value is -3.65.